The third-order valence-corrected chi connectivity index (χ3v) is 4.54. The third-order valence-electron chi connectivity index (χ3n) is 4.54. The molecule has 2 atom stereocenters. The molecular weight excluding hydrogens is 350 g/mol. The van der Waals surface area contributed by atoms with Gasteiger partial charge in [0, 0.05) is 17.3 Å². The monoisotopic (exact) mass is 375 g/mol. The van der Waals surface area contributed by atoms with Crippen LogP contribution in [0.4, 0.5) is 0 Å². The first-order valence-electron chi connectivity index (χ1n) is 8.62. The van der Waals surface area contributed by atoms with Crippen molar-refractivity contribution in [2.45, 2.75) is 26.7 Å². The molecule has 1 aromatic rings. The number of hydrogen-bond donors (Lipinski definition) is 0. The number of carbonyl (C=O) groups is 2. The van der Waals surface area contributed by atoms with Crippen LogP contribution in [0, 0.1) is 5.92 Å². The molecule has 0 aromatic heterocycles. The molecule has 1 unspecified atom stereocenters. The first-order valence-corrected chi connectivity index (χ1v) is 8.62. The van der Waals surface area contributed by atoms with Crippen LogP contribution in [-0.4, -0.2) is 45.6 Å². The van der Waals surface area contributed by atoms with E-state index in [1.807, 2.05) is 0 Å². The lowest BCUT2D eigenvalue weighted by Gasteiger charge is -2.31. The molecule has 27 heavy (non-hydrogen) atoms. The minimum absolute atomic E-state index is 0.234. The van der Waals surface area contributed by atoms with E-state index < -0.39 is 23.8 Å². The fourth-order valence-corrected chi connectivity index (χ4v) is 3.36. The Morgan fingerprint density at radius 1 is 1.07 bits per heavy atom. The van der Waals surface area contributed by atoms with Crippen molar-refractivity contribution in [1.82, 2.24) is 0 Å². The molecule has 146 valence electrons. The molecule has 1 aromatic carbocycles. The summed E-state index contributed by atoms with van der Waals surface area (Å²) in [6.07, 6.45) is 0. The van der Waals surface area contributed by atoms with Crippen molar-refractivity contribution in [2.24, 2.45) is 10.9 Å². The van der Waals surface area contributed by atoms with Gasteiger partial charge in [-0.25, -0.2) is 4.79 Å². The standard InChI is InChI=1S/C20H25NO6/c1-7-27-20(23)17-12(3)21-11(2)16(19(22)26-6)18(17)13-8-9-14(24-4)15(10-13)25-5/h8-10,17-18H,7H2,1-6H3/t17?,18-/m1/s1. The highest BCUT2D eigenvalue weighted by molar-refractivity contribution is 6.07. The topological polar surface area (TPSA) is 83.4 Å². The van der Waals surface area contributed by atoms with Crippen molar-refractivity contribution in [3.05, 3.63) is 35.0 Å². The number of hydrogen-bond acceptors (Lipinski definition) is 7. The van der Waals surface area contributed by atoms with E-state index in [0.29, 0.717) is 34.0 Å². The minimum atomic E-state index is -0.735. The summed E-state index contributed by atoms with van der Waals surface area (Å²) < 4.78 is 20.9. The Bertz CT molecular complexity index is 796. The van der Waals surface area contributed by atoms with E-state index in [0.717, 1.165) is 0 Å². The zero-order valence-corrected chi connectivity index (χ0v) is 16.5. The molecule has 1 heterocycles. The second-order valence-electron chi connectivity index (χ2n) is 6.07. The molecule has 0 radical (unpaired) electrons. The first kappa shape index (κ1) is 20.5. The molecule has 0 N–H and O–H groups in total. The van der Waals surface area contributed by atoms with Crippen molar-refractivity contribution in [3.63, 3.8) is 0 Å². The fourth-order valence-electron chi connectivity index (χ4n) is 3.36. The van der Waals surface area contributed by atoms with Gasteiger partial charge in [-0.05, 0) is 38.5 Å². The van der Waals surface area contributed by atoms with Gasteiger partial charge in [-0.1, -0.05) is 6.07 Å². The summed E-state index contributed by atoms with van der Waals surface area (Å²) in [7, 11) is 4.37. The number of allylic oxidation sites excluding steroid dienone is 1. The second kappa shape index (κ2) is 8.70. The van der Waals surface area contributed by atoms with E-state index in [1.165, 1.54) is 14.2 Å². The average molecular weight is 375 g/mol. The molecule has 0 fully saturated rings. The maximum absolute atomic E-state index is 12.7. The van der Waals surface area contributed by atoms with Crippen molar-refractivity contribution in [3.8, 4) is 11.5 Å². The Morgan fingerprint density at radius 3 is 2.30 bits per heavy atom. The molecule has 0 bridgehead atoms. The Kier molecular flexibility index (Phi) is 6.60. The van der Waals surface area contributed by atoms with Crippen LogP contribution < -0.4 is 9.47 Å². The predicted molar refractivity (Wildman–Crippen MR) is 100 cm³/mol. The predicted octanol–water partition coefficient (Wildman–Crippen LogP) is 2.89. The van der Waals surface area contributed by atoms with Crippen LogP contribution in [0.15, 0.2) is 34.5 Å². The normalized spacial score (nSPS) is 19.3. The number of benzene rings is 1. The molecule has 7 nitrogen and oxygen atoms in total. The highest BCUT2D eigenvalue weighted by Gasteiger charge is 2.42. The number of esters is 2. The third kappa shape index (κ3) is 3.97. The van der Waals surface area contributed by atoms with Gasteiger partial charge in [0.2, 0.25) is 0 Å². The van der Waals surface area contributed by atoms with E-state index in [1.54, 1.807) is 46.1 Å². The Balaban J connectivity index is 2.68. The van der Waals surface area contributed by atoms with Gasteiger partial charge in [-0.2, -0.15) is 0 Å². The average Bonchev–Trinajstić information content (AvgIpc) is 2.66. The summed E-state index contributed by atoms with van der Waals surface area (Å²) in [6.45, 7) is 5.45. The number of nitrogens with zero attached hydrogens (tertiary/aromatic N) is 1. The van der Waals surface area contributed by atoms with Gasteiger partial charge in [0.05, 0.1) is 33.5 Å². The van der Waals surface area contributed by atoms with Crippen LogP contribution in [0.3, 0.4) is 0 Å². The lowest BCUT2D eigenvalue weighted by Crippen LogP contribution is -2.36. The first-order chi connectivity index (χ1) is 12.9. The molecule has 1 aliphatic rings. The van der Waals surface area contributed by atoms with Crippen LogP contribution in [0.1, 0.15) is 32.3 Å². The smallest absolute Gasteiger partial charge is 0.336 e. The molecule has 0 saturated carbocycles. The molecular formula is C20H25NO6. The lowest BCUT2D eigenvalue weighted by molar-refractivity contribution is -0.146. The summed E-state index contributed by atoms with van der Waals surface area (Å²) in [5.74, 6) is -1.25. The van der Waals surface area contributed by atoms with Gasteiger partial charge >= 0.3 is 11.9 Å². The largest absolute Gasteiger partial charge is 0.493 e. The summed E-state index contributed by atoms with van der Waals surface area (Å²) >= 11 is 0. The van der Waals surface area contributed by atoms with Crippen molar-refractivity contribution < 1.29 is 28.5 Å². The quantitative estimate of drug-likeness (QED) is 0.711. The van der Waals surface area contributed by atoms with Crippen molar-refractivity contribution in [1.29, 1.82) is 0 Å². The van der Waals surface area contributed by atoms with Gasteiger partial charge < -0.3 is 18.9 Å². The molecule has 1 aliphatic heterocycles. The number of ether oxygens (including phenoxy) is 4. The molecule has 7 heteroatoms. The summed E-state index contributed by atoms with van der Waals surface area (Å²) in [4.78, 5) is 29.6. The Hall–Kier alpha value is -2.83. The van der Waals surface area contributed by atoms with E-state index in [4.69, 9.17) is 18.9 Å². The molecule has 0 spiro atoms. The van der Waals surface area contributed by atoms with Crippen LogP contribution in [0.5, 0.6) is 11.5 Å². The molecule has 0 saturated heterocycles. The van der Waals surface area contributed by atoms with Gasteiger partial charge in [-0.3, -0.25) is 9.79 Å². The zero-order valence-electron chi connectivity index (χ0n) is 16.5. The summed E-state index contributed by atoms with van der Waals surface area (Å²) in [6, 6.07) is 5.29. The highest BCUT2D eigenvalue weighted by atomic mass is 16.5. The van der Waals surface area contributed by atoms with E-state index in [9.17, 15) is 9.59 Å². The van der Waals surface area contributed by atoms with E-state index in [-0.39, 0.29) is 6.61 Å². The van der Waals surface area contributed by atoms with E-state index >= 15 is 0 Å². The van der Waals surface area contributed by atoms with E-state index in [2.05, 4.69) is 4.99 Å². The van der Waals surface area contributed by atoms with Crippen molar-refractivity contribution >= 4 is 17.7 Å². The van der Waals surface area contributed by atoms with Crippen LogP contribution in [-0.2, 0) is 19.1 Å². The number of aliphatic imine (C=N–C) groups is 1. The van der Waals surface area contributed by atoms with Crippen molar-refractivity contribution in [2.75, 3.05) is 27.9 Å². The second-order valence-corrected chi connectivity index (χ2v) is 6.07. The fraction of sp³-hybridized carbons (Fsp3) is 0.450. The minimum Gasteiger partial charge on any atom is -0.493 e. The molecule has 0 amide bonds. The number of carbonyl (C=O) groups excluding carboxylic acids is 2. The maximum atomic E-state index is 12.7. The molecule has 2 rings (SSSR count). The zero-order chi connectivity index (χ0) is 20.1. The SMILES string of the molecule is CCOC(=O)C1C(C)=NC(C)=C(C(=O)OC)[C@H]1c1ccc(OC)c(OC)c1. The van der Waals surface area contributed by atoms with Gasteiger partial charge in [-0.15, -0.1) is 0 Å². The van der Waals surface area contributed by atoms with Gasteiger partial charge in [0.15, 0.2) is 11.5 Å². The van der Waals surface area contributed by atoms with Crippen LogP contribution in [0.25, 0.3) is 0 Å². The molecule has 0 aliphatic carbocycles. The van der Waals surface area contributed by atoms with Gasteiger partial charge in [0.1, 0.15) is 5.92 Å². The summed E-state index contributed by atoms with van der Waals surface area (Å²) in [5.41, 5.74) is 2.13. The maximum Gasteiger partial charge on any atom is 0.336 e. The van der Waals surface area contributed by atoms with Crippen LogP contribution in [0.2, 0.25) is 0 Å². The number of methoxy groups -OCH3 is 3. The van der Waals surface area contributed by atoms with Gasteiger partial charge in [0.25, 0.3) is 0 Å². The summed E-state index contributed by atoms with van der Waals surface area (Å²) in [5, 5.41) is 0. The van der Waals surface area contributed by atoms with Crippen LogP contribution >= 0.6 is 0 Å². The lowest BCUT2D eigenvalue weighted by atomic mass is 9.75. The number of rotatable bonds is 6. The Morgan fingerprint density at radius 2 is 1.74 bits per heavy atom. The highest BCUT2D eigenvalue weighted by Crippen LogP contribution is 2.42. The Labute approximate surface area is 159 Å².